The molecule has 1 aromatic rings. The Labute approximate surface area is 135 Å². The molecule has 1 unspecified atom stereocenters. The minimum atomic E-state index is -0.710. The molecule has 1 saturated carbocycles. The van der Waals surface area contributed by atoms with E-state index in [0.29, 0.717) is 18.7 Å². The second-order valence-corrected chi connectivity index (χ2v) is 6.63. The number of piperidine rings is 1. The lowest BCUT2D eigenvalue weighted by Crippen LogP contribution is -2.40. The van der Waals surface area contributed by atoms with Crippen LogP contribution in [0, 0.1) is 11.3 Å². The lowest BCUT2D eigenvalue weighted by Gasteiger charge is -2.32. The van der Waals surface area contributed by atoms with Crippen LogP contribution in [0.5, 0.6) is 0 Å². The highest BCUT2D eigenvalue weighted by Gasteiger charge is 2.59. The normalized spacial score (nSPS) is 21.9. The van der Waals surface area contributed by atoms with Crippen LogP contribution in [0.25, 0.3) is 0 Å². The van der Waals surface area contributed by atoms with Gasteiger partial charge in [0.15, 0.2) is 5.78 Å². The van der Waals surface area contributed by atoms with Gasteiger partial charge in [-0.05, 0) is 24.7 Å². The second kappa shape index (κ2) is 6.14. The Bertz CT molecular complexity index is 617. The van der Waals surface area contributed by atoms with Crippen LogP contribution in [0.2, 0.25) is 0 Å². The number of carbonyl (C=O) groups is 3. The topological polar surface area (TPSA) is 74.7 Å². The molecule has 1 atom stereocenters. The lowest BCUT2D eigenvalue weighted by atomic mass is 9.90. The van der Waals surface area contributed by atoms with Gasteiger partial charge in [-0.25, -0.2) is 0 Å². The number of ketones is 1. The van der Waals surface area contributed by atoms with E-state index in [-0.39, 0.29) is 35.9 Å². The molecule has 1 amide bonds. The van der Waals surface area contributed by atoms with Gasteiger partial charge in [-0.2, -0.15) is 0 Å². The van der Waals surface area contributed by atoms with Crippen LogP contribution in [0.3, 0.4) is 0 Å². The zero-order valence-electron chi connectivity index (χ0n) is 13.0. The number of benzene rings is 1. The molecule has 1 aliphatic heterocycles. The van der Waals surface area contributed by atoms with E-state index in [1.165, 1.54) is 0 Å². The minimum Gasteiger partial charge on any atom is -0.481 e. The largest absolute Gasteiger partial charge is 0.481 e. The van der Waals surface area contributed by atoms with Crippen molar-refractivity contribution in [1.29, 1.82) is 0 Å². The van der Waals surface area contributed by atoms with E-state index in [0.717, 1.165) is 19.3 Å². The molecule has 5 heteroatoms. The van der Waals surface area contributed by atoms with E-state index < -0.39 is 5.97 Å². The summed E-state index contributed by atoms with van der Waals surface area (Å²) in [6.07, 6.45) is 2.73. The van der Waals surface area contributed by atoms with Crippen LogP contribution in [0.1, 0.15) is 42.5 Å². The molecule has 122 valence electrons. The number of rotatable bonds is 5. The first-order chi connectivity index (χ1) is 11.0. The third-order valence-corrected chi connectivity index (χ3v) is 5.26. The molecule has 0 bridgehead atoms. The summed E-state index contributed by atoms with van der Waals surface area (Å²) in [6.45, 7) is 1.23. The van der Waals surface area contributed by atoms with Gasteiger partial charge in [0.05, 0.1) is 5.92 Å². The number of carboxylic acids is 1. The summed E-state index contributed by atoms with van der Waals surface area (Å²) in [7, 11) is 0. The van der Waals surface area contributed by atoms with Gasteiger partial charge < -0.3 is 10.0 Å². The molecule has 1 heterocycles. The standard InChI is InChI=1S/C18H21NO4/c20-15(13-4-2-1-3-5-13)6-7-16(21)19-10-8-18(9-11-19)12-14(18)17(22)23/h1-5,14H,6-12H2,(H,22,23). The molecule has 5 nitrogen and oxygen atoms in total. The predicted molar refractivity (Wildman–Crippen MR) is 84.0 cm³/mol. The van der Waals surface area contributed by atoms with Crippen molar-refractivity contribution >= 4 is 17.7 Å². The monoisotopic (exact) mass is 315 g/mol. The summed E-state index contributed by atoms with van der Waals surface area (Å²) in [5, 5.41) is 9.08. The Kier molecular flexibility index (Phi) is 4.20. The highest BCUT2D eigenvalue weighted by molar-refractivity contribution is 5.97. The molecule has 1 spiro atoms. The molecular weight excluding hydrogens is 294 g/mol. The van der Waals surface area contributed by atoms with E-state index >= 15 is 0 Å². The van der Waals surface area contributed by atoms with Crippen molar-refractivity contribution in [1.82, 2.24) is 4.90 Å². The van der Waals surface area contributed by atoms with E-state index in [9.17, 15) is 14.4 Å². The van der Waals surface area contributed by atoms with Gasteiger partial charge in [-0.1, -0.05) is 30.3 Å². The van der Waals surface area contributed by atoms with Gasteiger partial charge in [0.25, 0.3) is 0 Å². The molecule has 0 aromatic heterocycles. The molecule has 2 aliphatic rings. The van der Waals surface area contributed by atoms with Gasteiger partial charge in [-0.15, -0.1) is 0 Å². The molecule has 1 aliphatic carbocycles. The molecule has 2 fully saturated rings. The number of nitrogens with zero attached hydrogens (tertiary/aromatic N) is 1. The third-order valence-electron chi connectivity index (χ3n) is 5.26. The van der Waals surface area contributed by atoms with Crippen LogP contribution in [0.4, 0.5) is 0 Å². The fourth-order valence-electron chi connectivity index (χ4n) is 3.60. The highest BCUT2D eigenvalue weighted by Crippen LogP contribution is 2.59. The summed E-state index contributed by atoms with van der Waals surface area (Å²) in [5.41, 5.74) is 0.572. The Balaban J connectivity index is 1.45. The van der Waals surface area contributed by atoms with Gasteiger partial charge in [-0.3, -0.25) is 14.4 Å². The number of aliphatic carboxylic acids is 1. The van der Waals surface area contributed by atoms with E-state index in [1.807, 2.05) is 18.2 Å². The molecule has 1 aromatic carbocycles. The number of hydrogen-bond acceptors (Lipinski definition) is 3. The van der Waals surface area contributed by atoms with Gasteiger partial charge in [0, 0.05) is 31.5 Å². The average molecular weight is 315 g/mol. The SMILES string of the molecule is O=C(CCC(=O)N1CCC2(CC1)CC2C(=O)O)c1ccccc1. The lowest BCUT2D eigenvalue weighted by molar-refractivity contribution is -0.139. The number of hydrogen-bond donors (Lipinski definition) is 1. The maximum absolute atomic E-state index is 12.2. The van der Waals surface area contributed by atoms with Crippen LogP contribution in [-0.2, 0) is 9.59 Å². The highest BCUT2D eigenvalue weighted by atomic mass is 16.4. The first kappa shape index (κ1) is 15.7. The predicted octanol–water partition coefficient (Wildman–Crippen LogP) is 2.36. The summed E-state index contributed by atoms with van der Waals surface area (Å²) >= 11 is 0. The Morgan fingerprint density at radius 2 is 1.74 bits per heavy atom. The summed E-state index contributed by atoms with van der Waals surface area (Å²) < 4.78 is 0. The molecule has 1 N–H and O–H groups in total. The Hall–Kier alpha value is -2.17. The van der Waals surface area contributed by atoms with Crippen molar-refractivity contribution in [2.24, 2.45) is 11.3 Å². The van der Waals surface area contributed by atoms with Crippen molar-refractivity contribution in [3.05, 3.63) is 35.9 Å². The fourth-order valence-corrected chi connectivity index (χ4v) is 3.60. The average Bonchev–Trinajstić information content (AvgIpc) is 3.27. The first-order valence-electron chi connectivity index (χ1n) is 8.11. The zero-order valence-corrected chi connectivity index (χ0v) is 13.0. The molecule has 3 rings (SSSR count). The van der Waals surface area contributed by atoms with Crippen molar-refractivity contribution < 1.29 is 19.5 Å². The summed E-state index contributed by atoms with van der Waals surface area (Å²) in [4.78, 5) is 37.1. The van der Waals surface area contributed by atoms with Crippen molar-refractivity contribution in [3.63, 3.8) is 0 Å². The Morgan fingerprint density at radius 3 is 2.30 bits per heavy atom. The maximum Gasteiger partial charge on any atom is 0.307 e. The van der Waals surface area contributed by atoms with Gasteiger partial charge >= 0.3 is 5.97 Å². The summed E-state index contributed by atoms with van der Waals surface area (Å²) in [5.74, 6) is -0.949. The van der Waals surface area contributed by atoms with Crippen LogP contribution < -0.4 is 0 Å². The first-order valence-corrected chi connectivity index (χ1v) is 8.11. The van der Waals surface area contributed by atoms with Crippen LogP contribution in [0.15, 0.2) is 30.3 Å². The van der Waals surface area contributed by atoms with E-state index in [1.54, 1.807) is 17.0 Å². The second-order valence-electron chi connectivity index (χ2n) is 6.63. The maximum atomic E-state index is 12.2. The van der Waals surface area contributed by atoms with E-state index in [2.05, 4.69) is 0 Å². The number of carbonyl (C=O) groups excluding carboxylic acids is 2. The Morgan fingerprint density at radius 1 is 1.09 bits per heavy atom. The van der Waals surface area contributed by atoms with Crippen LogP contribution in [-0.4, -0.2) is 40.8 Å². The number of carboxylic acid groups (broad SMARTS) is 1. The number of amides is 1. The third kappa shape index (κ3) is 3.28. The van der Waals surface area contributed by atoms with Gasteiger partial charge in [0.1, 0.15) is 0 Å². The molecular formula is C18H21NO4. The molecule has 23 heavy (non-hydrogen) atoms. The van der Waals surface area contributed by atoms with Crippen molar-refractivity contribution in [2.45, 2.75) is 32.1 Å². The molecule has 0 radical (unpaired) electrons. The zero-order chi connectivity index (χ0) is 16.4. The smallest absolute Gasteiger partial charge is 0.307 e. The van der Waals surface area contributed by atoms with E-state index in [4.69, 9.17) is 5.11 Å². The fraction of sp³-hybridized carbons (Fsp3) is 0.500. The van der Waals surface area contributed by atoms with Crippen LogP contribution >= 0.6 is 0 Å². The molecule has 1 saturated heterocycles. The summed E-state index contributed by atoms with van der Waals surface area (Å²) in [6, 6.07) is 9.00. The number of Topliss-reactive ketones (excluding diaryl/α,β-unsaturated/α-hetero) is 1. The quantitative estimate of drug-likeness (QED) is 0.847. The number of likely N-dealkylation sites (tertiary alicyclic amines) is 1. The van der Waals surface area contributed by atoms with Gasteiger partial charge in [0.2, 0.25) is 5.91 Å². The minimum absolute atomic E-state index is 0.00310. The van der Waals surface area contributed by atoms with Crippen molar-refractivity contribution in [3.8, 4) is 0 Å². The van der Waals surface area contributed by atoms with Crippen molar-refractivity contribution in [2.75, 3.05) is 13.1 Å².